The predicted octanol–water partition coefficient (Wildman–Crippen LogP) is 8.60. The van der Waals surface area contributed by atoms with Crippen LogP contribution in [0.2, 0.25) is 0 Å². The summed E-state index contributed by atoms with van der Waals surface area (Å²) in [6, 6.07) is 9.46. The average Bonchev–Trinajstić information content (AvgIpc) is 3.97. The Kier molecular flexibility index (Phi) is 13.6. The van der Waals surface area contributed by atoms with E-state index in [-0.39, 0.29) is 35.5 Å². The highest BCUT2D eigenvalue weighted by Crippen LogP contribution is 2.42. The van der Waals surface area contributed by atoms with Gasteiger partial charge in [-0.2, -0.15) is 0 Å². The van der Waals surface area contributed by atoms with E-state index in [1.807, 2.05) is 38.5 Å². The minimum Gasteiger partial charge on any atom is -0.375 e. The Labute approximate surface area is 342 Å². The van der Waals surface area contributed by atoms with Crippen LogP contribution in [0.4, 0.5) is 0 Å². The molecule has 1 saturated carbocycles. The first kappa shape index (κ1) is 42.9. The summed E-state index contributed by atoms with van der Waals surface area (Å²) in [6.45, 7) is 17.5. The highest BCUT2D eigenvalue weighted by molar-refractivity contribution is 7.10. The van der Waals surface area contributed by atoms with Crippen LogP contribution in [0.25, 0.3) is 33.4 Å². The molecule has 0 spiro atoms. The highest BCUT2D eigenvalue weighted by atomic mass is 32.1. The van der Waals surface area contributed by atoms with Gasteiger partial charge in [-0.05, 0) is 113 Å². The number of fused-ring (bicyclic) bond motifs is 4. The molecule has 4 bridgehead atoms. The number of ketones is 1. The number of thiazole rings is 1. The van der Waals surface area contributed by atoms with E-state index in [1.165, 1.54) is 11.3 Å². The molecule has 1 aliphatic heterocycles. The maximum atomic E-state index is 14.1. The first-order valence-electron chi connectivity index (χ1n) is 20.8. The summed E-state index contributed by atoms with van der Waals surface area (Å²) in [5.41, 5.74) is 7.12. The number of carbonyl (C=O) groups excluding carboxylic acids is 2. The smallest absolute Gasteiger partial charge is 0.223 e. The van der Waals surface area contributed by atoms with Gasteiger partial charge in [0, 0.05) is 59.6 Å². The Morgan fingerprint density at radius 1 is 1.16 bits per heavy atom. The number of hydrogen-bond donors (Lipinski definition) is 3. The normalized spacial score (nSPS) is 23.8. The monoisotopic (exact) mass is 797 g/mol. The van der Waals surface area contributed by atoms with Crippen molar-refractivity contribution in [1.29, 1.82) is 0 Å². The van der Waals surface area contributed by atoms with Gasteiger partial charge in [0.05, 0.1) is 46.9 Å². The van der Waals surface area contributed by atoms with Crippen LogP contribution in [0, 0.1) is 17.3 Å². The largest absolute Gasteiger partial charge is 0.375 e. The van der Waals surface area contributed by atoms with Gasteiger partial charge >= 0.3 is 0 Å². The van der Waals surface area contributed by atoms with E-state index < -0.39 is 17.9 Å². The number of amides is 1. The number of ether oxygens (including phenoxy) is 2. The molecule has 11 heteroatoms. The topological polar surface area (TPSA) is 128 Å². The highest BCUT2D eigenvalue weighted by Gasteiger charge is 2.36. The van der Waals surface area contributed by atoms with Crippen molar-refractivity contribution in [2.24, 2.45) is 17.3 Å². The maximum absolute atomic E-state index is 14.1. The van der Waals surface area contributed by atoms with E-state index in [1.54, 1.807) is 14.0 Å². The molecule has 5 atom stereocenters. The van der Waals surface area contributed by atoms with Gasteiger partial charge in [0.2, 0.25) is 5.91 Å². The Morgan fingerprint density at radius 2 is 1.91 bits per heavy atom. The van der Waals surface area contributed by atoms with Crippen LogP contribution in [0.15, 0.2) is 54.1 Å². The molecule has 1 fully saturated rings. The molecule has 2 aliphatic rings. The number of carbonyl (C=O) groups is 2. The zero-order chi connectivity index (χ0) is 41.1. The Balaban J connectivity index is 1.47. The molecule has 10 nitrogen and oxygen atoms in total. The number of methoxy groups -OCH3 is 1. The van der Waals surface area contributed by atoms with Gasteiger partial charge in [-0.1, -0.05) is 46.3 Å². The van der Waals surface area contributed by atoms with Crippen LogP contribution in [-0.4, -0.2) is 70.0 Å². The summed E-state index contributed by atoms with van der Waals surface area (Å²) in [4.78, 5) is 37.7. The lowest BCUT2D eigenvalue weighted by Gasteiger charge is -2.36. The van der Waals surface area contributed by atoms with E-state index in [0.717, 1.165) is 81.9 Å². The summed E-state index contributed by atoms with van der Waals surface area (Å²) >= 11 is 1.51. The average molecular weight is 798 g/mol. The summed E-state index contributed by atoms with van der Waals surface area (Å²) in [6.07, 6.45) is 8.50. The van der Waals surface area contributed by atoms with Crippen molar-refractivity contribution in [2.45, 2.75) is 130 Å². The molecular formula is C46H63N5O5S. The Bertz CT molecular complexity index is 2060. The van der Waals surface area contributed by atoms with Crippen LogP contribution in [-0.2, 0) is 38.4 Å². The van der Waals surface area contributed by atoms with Crippen LogP contribution >= 0.6 is 11.3 Å². The van der Waals surface area contributed by atoms with E-state index in [9.17, 15) is 14.7 Å². The van der Waals surface area contributed by atoms with Gasteiger partial charge in [0.1, 0.15) is 0 Å². The molecular weight excluding hydrogens is 735 g/mol. The van der Waals surface area contributed by atoms with E-state index in [2.05, 4.69) is 66.8 Å². The summed E-state index contributed by atoms with van der Waals surface area (Å²) < 4.78 is 14.6. The van der Waals surface area contributed by atoms with Gasteiger partial charge in [-0.15, -0.1) is 11.3 Å². The van der Waals surface area contributed by atoms with E-state index >= 15 is 0 Å². The first-order valence-corrected chi connectivity index (χ1v) is 21.7. The third-order valence-electron chi connectivity index (χ3n) is 12.4. The van der Waals surface area contributed by atoms with Crippen molar-refractivity contribution in [3.63, 3.8) is 0 Å². The number of nitrogens with zero attached hydrogens (tertiary/aromatic N) is 3. The summed E-state index contributed by atoms with van der Waals surface area (Å²) in [5.74, 6) is -1.58. The standard InChI is InChI=1S/C46H63N5O5S/c1-10-51-38-21-20-32-23-34(38)35(42(51)33-18-14-22-48-41(33)30(4)55-9)25-45(5,6)27-56-46(7,54)39(47-8)19-13-15-28(2)43(52)36(24-40-49-37(32)26-57-40)50-44(53)29(3)31-16-11-12-17-31/h14,18,20-23,26,29-31,36,39,47,54H,2,10-13,15-17,19,24-25,27H2,1,3-9H3,(H,50,53)/t29-,30-,36-,39-,46?/m0/s1. The second-order valence-electron chi connectivity index (χ2n) is 17.2. The predicted molar refractivity (Wildman–Crippen MR) is 229 cm³/mol. The molecule has 6 rings (SSSR count). The second kappa shape index (κ2) is 18.0. The third-order valence-corrected chi connectivity index (χ3v) is 13.3. The van der Waals surface area contributed by atoms with Crippen molar-refractivity contribution in [3.8, 4) is 22.5 Å². The molecule has 57 heavy (non-hydrogen) atoms. The van der Waals surface area contributed by atoms with E-state index in [4.69, 9.17) is 19.4 Å². The van der Waals surface area contributed by atoms with Crippen LogP contribution in [0.3, 0.4) is 0 Å². The lowest BCUT2D eigenvalue weighted by Crippen LogP contribution is -2.50. The minimum atomic E-state index is -1.48. The number of benzene rings is 1. The zero-order valence-corrected chi connectivity index (χ0v) is 36.1. The van der Waals surface area contributed by atoms with Gasteiger partial charge < -0.3 is 29.8 Å². The molecule has 1 amide bonds. The van der Waals surface area contributed by atoms with Crippen molar-refractivity contribution < 1.29 is 24.2 Å². The minimum absolute atomic E-state index is 0.0865. The number of aryl methyl sites for hydroxylation is 1. The lowest BCUT2D eigenvalue weighted by atomic mass is 9.84. The Hall–Kier alpha value is -3.74. The van der Waals surface area contributed by atoms with Crippen LogP contribution in [0.1, 0.15) is 109 Å². The Morgan fingerprint density at radius 3 is 2.61 bits per heavy atom. The molecule has 4 aromatic rings. The summed E-state index contributed by atoms with van der Waals surface area (Å²) in [7, 11) is 3.53. The van der Waals surface area contributed by atoms with Gasteiger partial charge in [0.15, 0.2) is 11.6 Å². The van der Waals surface area contributed by atoms with Gasteiger partial charge in [0.25, 0.3) is 0 Å². The summed E-state index contributed by atoms with van der Waals surface area (Å²) in [5, 5.41) is 22.1. The molecule has 4 heterocycles. The number of aromatic nitrogens is 3. The molecule has 1 aliphatic carbocycles. The molecule has 308 valence electrons. The number of hydrogen-bond acceptors (Lipinski definition) is 9. The van der Waals surface area contributed by atoms with Crippen LogP contribution in [0.5, 0.6) is 0 Å². The molecule has 1 unspecified atom stereocenters. The second-order valence-corrected chi connectivity index (χ2v) is 18.2. The fourth-order valence-corrected chi connectivity index (χ4v) is 9.74. The molecule has 0 saturated heterocycles. The van der Waals surface area contributed by atoms with Gasteiger partial charge in [-0.25, -0.2) is 4.98 Å². The zero-order valence-electron chi connectivity index (χ0n) is 35.2. The SMILES string of the molecule is C=C1CCC[C@H](NC)C(C)(O)OCC(C)(C)Cc2c(-c3cccnc3[C@H](C)OC)n(CC)c3ccc(cc23)-c2csc(n2)C[C@H](NC(=O)[C@@H](C)C2CCCC2)C1=O. The van der Waals surface area contributed by atoms with Crippen LogP contribution < -0.4 is 10.6 Å². The number of rotatable bonds is 8. The van der Waals surface area contributed by atoms with Crippen molar-refractivity contribution in [1.82, 2.24) is 25.2 Å². The van der Waals surface area contributed by atoms with Gasteiger partial charge in [-0.3, -0.25) is 14.6 Å². The molecule has 0 radical (unpaired) electrons. The number of nitrogens with one attached hydrogen (secondary N) is 2. The number of Topliss-reactive ketones (excluding diaryl/α,β-unsaturated/α-hetero) is 1. The number of aliphatic hydroxyl groups is 1. The van der Waals surface area contributed by atoms with E-state index in [0.29, 0.717) is 43.8 Å². The fourth-order valence-electron chi connectivity index (χ4n) is 8.89. The quantitative estimate of drug-likeness (QED) is 0.151. The van der Waals surface area contributed by atoms with Crippen molar-refractivity contribution in [2.75, 3.05) is 20.8 Å². The molecule has 3 N–H and O–H groups in total. The maximum Gasteiger partial charge on any atom is 0.223 e. The fraction of sp³-hybridized carbons (Fsp3) is 0.565. The molecule has 1 aromatic carbocycles. The third kappa shape index (κ3) is 9.44. The lowest BCUT2D eigenvalue weighted by molar-refractivity contribution is -0.222. The first-order chi connectivity index (χ1) is 27.2. The number of likely N-dealkylation sites (N-methyl/N-ethyl adjacent to an activating group) is 1. The number of pyridine rings is 1. The molecule has 3 aromatic heterocycles. The van der Waals surface area contributed by atoms with Crippen molar-refractivity contribution >= 4 is 33.9 Å². The van der Waals surface area contributed by atoms with Crippen molar-refractivity contribution in [3.05, 3.63) is 70.3 Å².